The van der Waals surface area contributed by atoms with Gasteiger partial charge in [0, 0.05) is 25.3 Å². The van der Waals surface area contributed by atoms with Gasteiger partial charge in [0.2, 0.25) is 0 Å². The Hall–Kier alpha value is -2.56. The maximum Gasteiger partial charge on any atom is 0.180 e. The fraction of sp³-hybridized carbons (Fsp3) is 0.357. The van der Waals surface area contributed by atoms with Crippen molar-refractivity contribution in [2.45, 2.75) is 46.3 Å². The molecular formula is C28H32Cl2N2O2. The van der Waals surface area contributed by atoms with Crippen molar-refractivity contribution in [2.75, 3.05) is 29.9 Å². The Labute approximate surface area is 212 Å². The summed E-state index contributed by atoms with van der Waals surface area (Å²) in [6.45, 7) is 7.72. The molecule has 4 nitrogen and oxygen atoms in total. The van der Waals surface area contributed by atoms with Gasteiger partial charge >= 0.3 is 0 Å². The molecule has 0 aromatic heterocycles. The first kappa shape index (κ1) is 24.6. The molecule has 0 amide bonds. The van der Waals surface area contributed by atoms with Gasteiger partial charge in [0.05, 0.1) is 22.3 Å². The van der Waals surface area contributed by atoms with Gasteiger partial charge in [0.1, 0.15) is 6.61 Å². The van der Waals surface area contributed by atoms with E-state index in [1.165, 1.54) is 24.8 Å². The Bertz CT molecular complexity index is 1110. The molecule has 4 rings (SSSR count). The number of nitrogens with one attached hydrogen (secondary N) is 1. The van der Waals surface area contributed by atoms with Crippen LogP contribution in [-0.4, -0.2) is 19.7 Å². The van der Waals surface area contributed by atoms with E-state index in [-0.39, 0.29) is 0 Å². The second kappa shape index (κ2) is 11.7. The van der Waals surface area contributed by atoms with E-state index in [0.29, 0.717) is 36.3 Å². The molecule has 1 aliphatic rings. The fourth-order valence-corrected chi connectivity index (χ4v) is 4.88. The number of ether oxygens (including phenoxy) is 2. The van der Waals surface area contributed by atoms with Crippen molar-refractivity contribution >= 4 is 34.6 Å². The minimum Gasteiger partial charge on any atom is -0.490 e. The summed E-state index contributed by atoms with van der Waals surface area (Å²) < 4.78 is 11.9. The van der Waals surface area contributed by atoms with Gasteiger partial charge in [0.15, 0.2) is 11.5 Å². The number of anilines is 2. The average Bonchev–Trinajstić information content (AvgIpc) is 2.83. The summed E-state index contributed by atoms with van der Waals surface area (Å²) in [5.74, 6) is 1.22. The second-order valence-electron chi connectivity index (χ2n) is 8.68. The lowest BCUT2D eigenvalue weighted by molar-refractivity contribution is 0.269. The van der Waals surface area contributed by atoms with Gasteiger partial charge < -0.3 is 19.7 Å². The van der Waals surface area contributed by atoms with Crippen molar-refractivity contribution in [1.82, 2.24) is 0 Å². The standard InChI is InChI=1S/C28H32Cl2N2O2/c1-3-33-27-16-22(15-25(30)28(27)34-19-21-9-7-8-20(2)14-21)18-31-23-10-11-26(24(29)17-23)32-12-5-4-6-13-32/h7-11,14-17,31H,3-6,12-13,18-19H2,1-2H3. The highest BCUT2D eigenvalue weighted by Crippen LogP contribution is 2.38. The first-order chi connectivity index (χ1) is 16.5. The molecule has 0 bridgehead atoms. The number of benzene rings is 3. The van der Waals surface area contributed by atoms with Crippen molar-refractivity contribution in [1.29, 1.82) is 0 Å². The topological polar surface area (TPSA) is 33.7 Å². The van der Waals surface area contributed by atoms with Crippen LogP contribution in [0.3, 0.4) is 0 Å². The first-order valence-electron chi connectivity index (χ1n) is 12.0. The number of piperidine rings is 1. The van der Waals surface area contributed by atoms with Crippen LogP contribution in [0.4, 0.5) is 11.4 Å². The molecule has 3 aromatic carbocycles. The van der Waals surface area contributed by atoms with Crippen LogP contribution in [0, 0.1) is 6.92 Å². The molecule has 1 aliphatic heterocycles. The molecule has 0 spiro atoms. The summed E-state index contributed by atoms with van der Waals surface area (Å²) in [4.78, 5) is 2.37. The molecule has 34 heavy (non-hydrogen) atoms. The van der Waals surface area contributed by atoms with Gasteiger partial charge in [-0.25, -0.2) is 0 Å². The van der Waals surface area contributed by atoms with Gasteiger partial charge in [-0.2, -0.15) is 0 Å². The largest absolute Gasteiger partial charge is 0.490 e. The predicted molar refractivity (Wildman–Crippen MR) is 143 cm³/mol. The Kier molecular flexibility index (Phi) is 8.47. The van der Waals surface area contributed by atoms with Gasteiger partial charge in [0.25, 0.3) is 0 Å². The molecule has 0 unspecified atom stereocenters. The molecule has 1 saturated heterocycles. The Balaban J connectivity index is 1.44. The van der Waals surface area contributed by atoms with Crippen molar-refractivity contribution in [3.05, 3.63) is 81.3 Å². The Morgan fingerprint density at radius 2 is 1.71 bits per heavy atom. The average molecular weight is 499 g/mol. The van der Waals surface area contributed by atoms with Crippen LogP contribution < -0.4 is 19.7 Å². The smallest absolute Gasteiger partial charge is 0.180 e. The number of hydrogen-bond donors (Lipinski definition) is 1. The normalized spacial score (nSPS) is 13.6. The van der Waals surface area contributed by atoms with E-state index in [2.05, 4.69) is 41.4 Å². The summed E-state index contributed by atoms with van der Waals surface area (Å²) >= 11 is 13.2. The minimum atomic E-state index is 0.431. The zero-order valence-electron chi connectivity index (χ0n) is 19.9. The highest BCUT2D eigenvalue weighted by Gasteiger charge is 2.15. The Morgan fingerprint density at radius 1 is 0.882 bits per heavy atom. The number of halogens is 2. The molecule has 6 heteroatoms. The Morgan fingerprint density at radius 3 is 2.44 bits per heavy atom. The van der Waals surface area contributed by atoms with E-state index in [1.807, 2.05) is 37.3 Å². The van der Waals surface area contributed by atoms with E-state index in [4.69, 9.17) is 32.7 Å². The van der Waals surface area contributed by atoms with Crippen LogP contribution in [0.1, 0.15) is 42.9 Å². The summed E-state index contributed by atoms with van der Waals surface area (Å²) in [6, 6.07) is 18.3. The highest BCUT2D eigenvalue weighted by atomic mass is 35.5. The first-order valence-corrected chi connectivity index (χ1v) is 12.7. The van der Waals surface area contributed by atoms with Gasteiger partial charge in [-0.05, 0) is 74.6 Å². The van der Waals surface area contributed by atoms with Crippen LogP contribution in [0.5, 0.6) is 11.5 Å². The maximum atomic E-state index is 6.62. The third kappa shape index (κ3) is 6.31. The molecule has 0 saturated carbocycles. The molecule has 0 aliphatic carbocycles. The minimum absolute atomic E-state index is 0.431. The van der Waals surface area contributed by atoms with Crippen LogP contribution in [0.25, 0.3) is 0 Å². The molecule has 3 aromatic rings. The lowest BCUT2D eigenvalue weighted by Crippen LogP contribution is -2.29. The molecule has 180 valence electrons. The summed E-state index contributed by atoms with van der Waals surface area (Å²) in [5, 5.41) is 4.77. The van der Waals surface area contributed by atoms with E-state index < -0.39 is 0 Å². The maximum absolute atomic E-state index is 6.62. The van der Waals surface area contributed by atoms with Crippen molar-refractivity contribution < 1.29 is 9.47 Å². The van der Waals surface area contributed by atoms with Gasteiger partial charge in [-0.15, -0.1) is 0 Å². The SMILES string of the molecule is CCOc1cc(CNc2ccc(N3CCCCC3)c(Cl)c2)cc(Cl)c1OCc1cccc(C)c1. The number of rotatable bonds is 9. The third-order valence-electron chi connectivity index (χ3n) is 5.98. The van der Waals surface area contributed by atoms with Gasteiger partial charge in [-0.3, -0.25) is 0 Å². The zero-order valence-corrected chi connectivity index (χ0v) is 21.4. The highest BCUT2D eigenvalue weighted by molar-refractivity contribution is 6.33. The molecular weight excluding hydrogens is 467 g/mol. The third-order valence-corrected chi connectivity index (χ3v) is 6.56. The molecule has 1 heterocycles. The molecule has 1 N–H and O–H groups in total. The van der Waals surface area contributed by atoms with Gasteiger partial charge in [-0.1, -0.05) is 53.0 Å². The van der Waals surface area contributed by atoms with Crippen LogP contribution in [-0.2, 0) is 13.2 Å². The summed E-state index contributed by atoms with van der Waals surface area (Å²) in [5.41, 5.74) is 5.38. The quantitative estimate of drug-likeness (QED) is 0.325. The van der Waals surface area contributed by atoms with Crippen molar-refractivity contribution in [3.63, 3.8) is 0 Å². The van der Waals surface area contributed by atoms with Crippen LogP contribution >= 0.6 is 23.2 Å². The van der Waals surface area contributed by atoms with E-state index in [9.17, 15) is 0 Å². The van der Waals surface area contributed by atoms with Crippen LogP contribution in [0.2, 0.25) is 10.0 Å². The summed E-state index contributed by atoms with van der Waals surface area (Å²) in [6.07, 6.45) is 3.75. The predicted octanol–water partition coefficient (Wildman–Crippen LogP) is 7.88. The van der Waals surface area contributed by atoms with Crippen LogP contribution in [0.15, 0.2) is 54.6 Å². The number of aryl methyl sites for hydroxylation is 1. The van der Waals surface area contributed by atoms with Crippen molar-refractivity contribution in [3.8, 4) is 11.5 Å². The van der Waals surface area contributed by atoms with Crippen molar-refractivity contribution in [2.24, 2.45) is 0 Å². The van der Waals surface area contributed by atoms with E-state index >= 15 is 0 Å². The number of nitrogens with zero attached hydrogens (tertiary/aromatic N) is 1. The number of hydrogen-bond acceptors (Lipinski definition) is 4. The van der Waals surface area contributed by atoms with E-state index in [1.54, 1.807) is 0 Å². The van der Waals surface area contributed by atoms with E-state index in [0.717, 1.165) is 40.6 Å². The monoisotopic (exact) mass is 498 g/mol. The lowest BCUT2D eigenvalue weighted by atomic mass is 10.1. The molecule has 0 radical (unpaired) electrons. The molecule has 0 atom stereocenters. The second-order valence-corrected chi connectivity index (χ2v) is 9.50. The molecule has 1 fully saturated rings. The fourth-order valence-electron chi connectivity index (χ4n) is 4.30. The zero-order chi connectivity index (χ0) is 23.9. The lowest BCUT2D eigenvalue weighted by Gasteiger charge is -2.29. The summed E-state index contributed by atoms with van der Waals surface area (Å²) in [7, 11) is 0.